The number of piperidine rings is 1. The number of rotatable bonds is 7. The minimum absolute atomic E-state index is 0.0146. The molecule has 0 radical (unpaired) electrons. The number of carbonyl (C=O) groups excluding carboxylic acids is 1. The molecule has 4 rings (SSSR count). The number of carboxylic acids is 1. The van der Waals surface area contributed by atoms with Gasteiger partial charge in [0, 0.05) is 0 Å². The number of amidine groups is 2. The van der Waals surface area contributed by atoms with Crippen LogP contribution in [0.1, 0.15) is 41.9 Å². The Labute approximate surface area is 217 Å². The van der Waals surface area contributed by atoms with Gasteiger partial charge in [0.25, 0.3) is 0 Å². The summed E-state index contributed by atoms with van der Waals surface area (Å²) in [6, 6.07) is 9.87. The number of phenols is 1. The Morgan fingerprint density at radius 2 is 1.87 bits per heavy atom. The van der Waals surface area contributed by atoms with Gasteiger partial charge in [-0.2, -0.15) is 13.2 Å². The minimum atomic E-state index is -4.59. The average molecular weight is 532 g/mol. The highest BCUT2D eigenvalue weighted by Gasteiger charge is 2.40. The first-order chi connectivity index (χ1) is 17.9. The second-order valence-corrected chi connectivity index (χ2v) is 9.46. The van der Waals surface area contributed by atoms with Crippen LogP contribution in [0.4, 0.5) is 24.5 Å². The summed E-state index contributed by atoms with van der Waals surface area (Å²) in [5, 5.41) is 23.8. The van der Waals surface area contributed by atoms with Gasteiger partial charge in [-0.1, -0.05) is 18.2 Å². The van der Waals surface area contributed by atoms with Gasteiger partial charge in [-0.15, -0.1) is 5.10 Å². The van der Waals surface area contributed by atoms with E-state index >= 15 is 0 Å². The zero-order valence-electron chi connectivity index (χ0n) is 20.9. The van der Waals surface area contributed by atoms with Crippen LogP contribution < -0.4 is 10.3 Å². The molecule has 2 aliphatic heterocycles. The normalized spacial score (nSPS) is 18.2. The summed E-state index contributed by atoms with van der Waals surface area (Å²) in [6.07, 6.45) is -4.71. The van der Waals surface area contributed by atoms with E-state index in [1.807, 2.05) is 11.8 Å². The Hall–Kier alpha value is -3.93. The Morgan fingerprint density at radius 1 is 1.16 bits per heavy atom. The summed E-state index contributed by atoms with van der Waals surface area (Å²) in [6.45, 7) is 4.74. The molecular formula is C26H28F3N5O4. The van der Waals surface area contributed by atoms with Gasteiger partial charge in [0.1, 0.15) is 18.0 Å². The molecule has 0 bridgehead atoms. The van der Waals surface area contributed by atoms with Gasteiger partial charge < -0.3 is 10.2 Å². The molecule has 0 aliphatic carbocycles. The van der Waals surface area contributed by atoms with Gasteiger partial charge >= 0.3 is 18.1 Å². The maximum Gasteiger partial charge on any atom is 0.396 e. The topological polar surface area (TPSA) is 118 Å². The first-order valence-electron chi connectivity index (χ1n) is 12.1. The summed E-state index contributed by atoms with van der Waals surface area (Å²) in [7, 11) is 0. The van der Waals surface area contributed by atoms with Crippen LogP contribution in [-0.4, -0.2) is 64.5 Å². The number of hydrogen-bond acceptors (Lipinski definition) is 6. The predicted molar refractivity (Wildman–Crippen MR) is 137 cm³/mol. The molecule has 2 aromatic rings. The summed E-state index contributed by atoms with van der Waals surface area (Å²) in [5.74, 6) is -2.77. The number of anilines is 2. The van der Waals surface area contributed by atoms with E-state index < -0.39 is 36.1 Å². The number of likely N-dealkylation sites (tertiary alicyclic amines) is 1. The molecule has 3 N–H and O–H groups in total. The molecule has 0 spiro atoms. The van der Waals surface area contributed by atoms with Crippen LogP contribution in [0.25, 0.3) is 0 Å². The number of aryl methyl sites for hydroxylation is 2. The fraction of sp³-hybridized carbons (Fsp3) is 0.385. The van der Waals surface area contributed by atoms with Crippen molar-refractivity contribution in [1.29, 1.82) is 0 Å². The second kappa shape index (κ2) is 10.8. The Bertz CT molecular complexity index is 1300. The number of aliphatic imine (C=N–C) groups is 1. The monoisotopic (exact) mass is 531 g/mol. The summed E-state index contributed by atoms with van der Waals surface area (Å²) < 4.78 is 39.8. The number of nitrogens with zero attached hydrogens (tertiary/aromatic N) is 4. The van der Waals surface area contributed by atoms with Crippen molar-refractivity contribution in [2.75, 3.05) is 30.0 Å². The van der Waals surface area contributed by atoms with Gasteiger partial charge in [-0.05, 0) is 80.6 Å². The molecule has 0 aromatic heterocycles. The van der Waals surface area contributed by atoms with Crippen molar-refractivity contribution in [2.45, 2.75) is 45.2 Å². The van der Waals surface area contributed by atoms with Crippen LogP contribution in [0.2, 0.25) is 0 Å². The molecular weight excluding hydrogens is 503 g/mol. The molecule has 1 fully saturated rings. The van der Waals surface area contributed by atoms with Crippen molar-refractivity contribution in [3.05, 3.63) is 53.1 Å². The largest absolute Gasteiger partial charge is 0.505 e. The smallest absolute Gasteiger partial charge is 0.396 e. The highest BCUT2D eigenvalue weighted by Crippen LogP contribution is 2.38. The lowest BCUT2D eigenvalue weighted by Crippen LogP contribution is -2.36. The SMILES string of the molecule is Cc1ccc(N2C(=O)/C(=N\Nc3cccc(C4CCN(CC(=O)O)CC4)c3O)N=C2CC(F)(F)F)cc1C. The lowest BCUT2D eigenvalue weighted by molar-refractivity contribution is -0.138. The molecule has 0 atom stereocenters. The lowest BCUT2D eigenvalue weighted by Gasteiger charge is -2.31. The number of alkyl halides is 3. The number of halogens is 3. The van der Waals surface area contributed by atoms with E-state index in [1.165, 1.54) is 6.07 Å². The van der Waals surface area contributed by atoms with Gasteiger partial charge in [0.05, 0.1) is 17.9 Å². The Balaban J connectivity index is 1.55. The van der Waals surface area contributed by atoms with Gasteiger partial charge in [0.2, 0.25) is 5.84 Å². The van der Waals surface area contributed by atoms with Gasteiger partial charge in [-0.25, -0.2) is 4.99 Å². The zero-order valence-corrected chi connectivity index (χ0v) is 20.9. The van der Waals surface area contributed by atoms with Crippen molar-refractivity contribution in [1.82, 2.24) is 4.90 Å². The van der Waals surface area contributed by atoms with E-state index in [0.29, 0.717) is 31.5 Å². The molecule has 38 heavy (non-hydrogen) atoms. The molecule has 1 saturated heterocycles. The molecule has 0 saturated carbocycles. The highest BCUT2D eigenvalue weighted by atomic mass is 19.4. The molecule has 2 heterocycles. The highest BCUT2D eigenvalue weighted by molar-refractivity contribution is 6.54. The standard InChI is InChI=1S/C26H28F3N5O4/c1-15-6-7-18(12-16(15)2)34-21(13-26(27,28)29)30-24(25(34)38)32-31-20-5-3-4-19(23(20)37)17-8-10-33(11-9-17)14-22(35)36/h3-7,12,17,31,37H,8-11,13-14H2,1-2H3,(H,35,36)/b32-24+. The lowest BCUT2D eigenvalue weighted by atomic mass is 9.88. The number of phenolic OH excluding ortho intramolecular Hbond substituents is 1. The van der Waals surface area contributed by atoms with E-state index in [0.717, 1.165) is 16.0 Å². The molecule has 1 amide bonds. The second-order valence-electron chi connectivity index (χ2n) is 9.46. The maximum absolute atomic E-state index is 13.3. The van der Waals surface area contributed by atoms with Crippen LogP contribution in [0.3, 0.4) is 0 Å². The Morgan fingerprint density at radius 3 is 2.50 bits per heavy atom. The van der Waals surface area contributed by atoms with Crippen molar-refractivity contribution in [3.63, 3.8) is 0 Å². The van der Waals surface area contributed by atoms with Crippen molar-refractivity contribution >= 4 is 34.9 Å². The van der Waals surface area contributed by atoms with E-state index in [9.17, 15) is 27.9 Å². The molecule has 12 heteroatoms. The van der Waals surface area contributed by atoms with Crippen LogP contribution >= 0.6 is 0 Å². The average Bonchev–Trinajstić information content (AvgIpc) is 3.13. The number of nitrogens with one attached hydrogen (secondary N) is 1. The van der Waals surface area contributed by atoms with E-state index in [-0.39, 0.29) is 29.6 Å². The third-order valence-electron chi connectivity index (χ3n) is 6.73. The van der Waals surface area contributed by atoms with E-state index in [2.05, 4.69) is 15.5 Å². The number of hydrogen-bond donors (Lipinski definition) is 3. The summed E-state index contributed by atoms with van der Waals surface area (Å²) in [4.78, 5) is 30.6. The van der Waals surface area contributed by atoms with Crippen molar-refractivity contribution in [2.24, 2.45) is 10.1 Å². The maximum atomic E-state index is 13.3. The zero-order chi connectivity index (χ0) is 27.6. The molecule has 2 aliphatic rings. The number of amides is 1. The van der Waals surface area contributed by atoms with Crippen molar-refractivity contribution in [3.8, 4) is 5.75 Å². The van der Waals surface area contributed by atoms with Gasteiger partial charge in [0.15, 0.2) is 0 Å². The summed E-state index contributed by atoms with van der Waals surface area (Å²) >= 11 is 0. The van der Waals surface area contributed by atoms with E-state index in [4.69, 9.17) is 5.11 Å². The number of para-hydroxylation sites is 1. The van der Waals surface area contributed by atoms with Crippen LogP contribution in [0.5, 0.6) is 5.75 Å². The molecule has 0 unspecified atom stereocenters. The number of aliphatic carboxylic acids is 1. The molecule has 202 valence electrons. The van der Waals surface area contributed by atoms with Gasteiger partial charge in [-0.3, -0.25) is 24.8 Å². The van der Waals surface area contributed by atoms with Crippen LogP contribution in [0, 0.1) is 13.8 Å². The van der Waals surface area contributed by atoms with Crippen molar-refractivity contribution < 1.29 is 33.0 Å². The number of aromatic hydroxyl groups is 1. The first-order valence-corrected chi connectivity index (χ1v) is 12.1. The number of hydrazone groups is 1. The predicted octanol–water partition coefficient (Wildman–Crippen LogP) is 4.40. The number of carbonyl (C=O) groups is 2. The van der Waals surface area contributed by atoms with E-state index in [1.54, 1.807) is 37.3 Å². The molecule has 9 nitrogen and oxygen atoms in total. The quantitative estimate of drug-likeness (QED) is 0.360. The molecule has 2 aromatic carbocycles. The number of benzene rings is 2. The fourth-order valence-electron chi connectivity index (χ4n) is 4.63. The van der Waals surface area contributed by atoms with Crippen LogP contribution in [-0.2, 0) is 9.59 Å². The third-order valence-corrected chi connectivity index (χ3v) is 6.73. The summed E-state index contributed by atoms with van der Waals surface area (Å²) in [5.41, 5.74) is 5.39. The first kappa shape index (κ1) is 27.1. The fourth-order valence-corrected chi connectivity index (χ4v) is 4.63. The minimum Gasteiger partial charge on any atom is -0.505 e. The van der Waals surface area contributed by atoms with Crippen LogP contribution in [0.15, 0.2) is 46.5 Å². The Kier molecular flexibility index (Phi) is 7.72. The third kappa shape index (κ3) is 6.13. The number of carboxylic acid groups (broad SMARTS) is 1.